The smallest absolute Gasteiger partial charge is 0.414 e. The topological polar surface area (TPSA) is 82.2 Å². The molecule has 10 heteroatoms. The normalized spacial score (nSPS) is 18.8. The number of aldehydes is 1. The van der Waals surface area contributed by atoms with Gasteiger partial charge in [0, 0.05) is 33.1 Å². The van der Waals surface area contributed by atoms with Gasteiger partial charge in [-0.25, -0.2) is 9.18 Å². The second-order valence-corrected chi connectivity index (χ2v) is 8.55. The van der Waals surface area contributed by atoms with Gasteiger partial charge in [-0.3, -0.25) is 14.5 Å². The van der Waals surface area contributed by atoms with Gasteiger partial charge in [0.2, 0.25) is 5.91 Å². The number of hydrogen-bond donors (Lipinski definition) is 1. The number of anilines is 3. The number of carbonyl (C=O) groups excluding carboxylic acids is 3. The number of benzene rings is 1. The van der Waals surface area contributed by atoms with Crippen LogP contribution < -0.4 is 20.0 Å². The summed E-state index contributed by atoms with van der Waals surface area (Å²) in [5, 5.41) is 3.66. The van der Waals surface area contributed by atoms with Crippen LogP contribution in [0.3, 0.4) is 0 Å². The molecular formula is C21H23FN4O4S. The van der Waals surface area contributed by atoms with Crippen molar-refractivity contribution in [2.45, 2.75) is 13.0 Å². The molecule has 1 unspecified atom stereocenters. The number of piperazine rings is 1. The van der Waals surface area contributed by atoms with Crippen LogP contribution in [0.5, 0.6) is 0 Å². The van der Waals surface area contributed by atoms with Gasteiger partial charge in [0.25, 0.3) is 0 Å². The first kappa shape index (κ1) is 21.1. The molecule has 8 nitrogen and oxygen atoms in total. The lowest BCUT2D eigenvalue weighted by Crippen LogP contribution is -2.46. The lowest BCUT2D eigenvalue weighted by molar-refractivity contribution is -0.119. The van der Waals surface area contributed by atoms with Gasteiger partial charge in [-0.1, -0.05) is 0 Å². The van der Waals surface area contributed by atoms with E-state index in [1.165, 1.54) is 29.2 Å². The highest BCUT2D eigenvalue weighted by Crippen LogP contribution is 2.30. The highest BCUT2D eigenvalue weighted by Gasteiger charge is 2.33. The van der Waals surface area contributed by atoms with E-state index in [2.05, 4.69) is 10.2 Å². The van der Waals surface area contributed by atoms with Crippen LogP contribution in [0.2, 0.25) is 0 Å². The van der Waals surface area contributed by atoms with Gasteiger partial charge in [0.15, 0.2) is 6.29 Å². The molecule has 1 N–H and O–H groups in total. The van der Waals surface area contributed by atoms with Crippen LogP contribution in [0.4, 0.5) is 25.6 Å². The monoisotopic (exact) mass is 446 g/mol. The van der Waals surface area contributed by atoms with Crippen molar-refractivity contribution in [3.63, 3.8) is 0 Å². The van der Waals surface area contributed by atoms with Crippen molar-refractivity contribution in [1.29, 1.82) is 0 Å². The Labute approximate surface area is 183 Å². The van der Waals surface area contributed by atoms with Gasteiger partial charge < -0.3 is 19.9 Å². The van der Waals surface area contributed by atoms with Gasteiger partial charge in [0.1, 0.15) is 11.9 Å². The Bertz CT molecular complexity index is 990. The highest BCUT2D eigenvalue weighted by molar-refractivity contribution is 7.17. The first-order valence-corrected chi connectivity index (χ1v) is 10.8. The van der Waals surface area contributed by atoms with Gasteiger partial charge in [0.05, 0.1) is 34.3 Å². The minimum Gasteiger partial charge on any atom is -0.442 e. The van der Waals surface area contributed by atoms with Gasteiger partial charge >= 0.3 is 6.09 Å². The molecule has 0 radical (unpaired) electrons. The van der Waals surface area contributed by atoms with Crippen LogP contribution in [-0.2, 0) is 9.53 Å². The maximum absolute atomic E-state index is 14.9. The molecule has 31 heavy (non-hydrogen) atoms. The van der Waals surface area contributed by atoms with E-state index in [1.807, 2.05) is 17.0 Å². The van der Waals surface area contributed by atoms with Crippen molar-refractivity contribution in [1.82, 2.24) is 5.32 Å². The fourth-order valence-corrected chi connectivity index (χ4v) is 4.63. The van der Waals surface area contributed by atoms with Crippen molar-refractivity contribution in [2.24, 2.45) is 0 Å². The molecule has 2 amide bonds. The fourth-order valence-electron chi connectivity index (χ4n) is 3.76. The minimum atomic E-state index is -0.554. The van der Waals surface area contributed by atoms with Gasteiger partial charge in [-0.2, -0.15) is 0 Å². The molecule has 4 rings (SSSR count). The number of amides is 2. The Morgan fingerprint density at radius 3 is 2.61 bits per heavy atom. The van der Waals surface area contributed by atoms with Crippen LogP contribution in [0, 0.1) is 5.82 Å². The Balaban J connectivity index is 1.38. The largest absolute Gasteiger partial charge is 0.442 e. The SMILES string of the molecule is CC(=O)NCC1CN(c2ccc(N3CCN(c4ccc(C=O)s4)CC3)c(F)c2)C(=O)O1. The Hall–Kier alpha value is -3.14. The van der Waals surface area contributed by atoms with Crippen LogP contribution >= 0.6 is 11.3 Å². The Morgan fingerprint density at radius 2 is 1.97 bits per heavy atom. The van der Waals surface area contributed by atoms with Gasteiger partial charge in [-0.05, 0) is 30.3 Å². The number of nitrogens with zero attached hydrogens (tertiary/aromatic N) is 3. The second kappa shape index (κ2) is 8.93. The third-order valence-electron chi connectivity index (χ3n) is 5.36. The van der Waals surface area contributed by atoms with Crippen LogP contribution in [-0.4, -0.2) is 63.7 Å². The van der Waals surface area contributed by atoms with Gasteiger partial charge in [-0.15, -0.1) is 11.3 Å². The summed E-state index contributed by atoms with van der Waals surface area (Å²) in [7, 11) is 0. The van der Waals surface area contributed by atoms with E-state index < -0.39 is 18.0 Å². The van der Waals surface area contributed by atoms with E-state index >= 15 is 0 Å². The number of hydrogen-bond acceptors (Lipinski definition) is 7. The molecule has 2 saturated heterocycles. The molecule has 0 aliphatic carbocycles. The molecule has 0 spiro atoms. The zero-order chi connectivity index (χ0) is 22.0. The van der Waals surface area contributed by atoms with Crippen molar-refractivity contribution in [3.8, 4) is 0 Å². The maximum Gasteiger partial charge on any atom is 0.414 e. The molecule has 1 aromatic carbocycles. The summed E-state index contributed by atoms with van der Waals surface area (Å²) < 4.78 is 20.1. The summed E-state index contributed by atoms with van der Waals surface area (Å²) in [6, 6.07) is 8.49. The molecule has 2 aromatic rings. The predicted octanol–water partition coefficient (Wildman–Crippen LogP) is 2.49. The van der Waals surface area contributed by atoms with E-state index in [-0.39, 0.29) is 19.0 Å². The zero-order valence-corrected chi connectivity index (χ0v) is 17.9. The summed E-state index contributed by atoms with van der Waals surface area (Å²) in [6.45, 7) is 4.61. The Morgan fingerprint density at radius 1 is 1.23 bits per heavy atom. The summed E-state index contributed by atoms with van der Waals surface area (Å²) >= 11 is 1.45. The summed E-state index contributed by atoms with van der Waals surface area (Å²) in [5.41, 5.74) is 0.917. The third-order valence-corrected chi connectivity index (χ3v) is 6.43. The molecule has 0 bridgehead atoms. The average molecular weight is 447 g/mol. The number of rotatable bonds is 6. The van der Waals surface area contributed by atoms with E-state index in [9.17, 15) is 18.8 Å². The molecule has 2 aliphatic heterocycles. The van der Waals surface area contributed by atoms with E-state index in [1.54, 1.807) is 12.1 Å². The second-order valence-electron chi connectivity index (χ2n) is 7.46. The zero-order valence-electron chi connectivity index (χ0n) is 17.0. The summed E-state index contributed by atoms with van der Waals surface area (Å²) in [5.74, 6) is -0.600. The van der Waals surface area contributed by atoms with E-state index in [0.717, 1.165) is 24.4 Å². The number of ether oxygens (including phenoxy) is 1. The van der Waals surface area contributed by atoms with Crippen LogP contribution in [0.15, 0.2) is 30.3 Å². The molecule has 3 heterocycles. The number of carbonyl (C=O) groups is 3. The van der Waals surface area contributed by atoms with Crippen molar-refractivity contribution >= 4 is 46.0 Å². The third kappa shape index (κ3) is 4.63. The highest BCUT2D eigenvalue weighted by atomic mass is 32.1. The van der Waals surface area contributed by atoms with E-state index in [0.29, 0.717) is 29.3 Å². The molecule has 2 aliphatic rings. The fraction of sp³-hybridized carbons (Fsp3) is 0.381. The summed E-state index contributed by atoms with van der Waals surface area (Å²) in [4.78, 5) is 40.3. The van der Waals surface area contributed by atoms with Crippen LogP contribution in [0.1, 0.15) is 16.6 Å². The average Bonchev–Trinajstić information content (AvgIpc) is 3.39. The van der Waals surface area contributed by atoms with Crippen molar-refractivity contribution in [3.05, 3.63) is 41.0 Å². The maximum atomic E-state index is 14.9. The lowest BCUT2D eigenvalue weighted by atomic mass is 10.2. The molecule has 2 fully saturated rings. The first-order valence-electron chi connectivity index (χ1n) is 10.0. The quantitative estimate of drug-likeness (QED) is 0.687. The number of halogens is 1. The predicted molar refractivity (Wildman–Crippen MR) is 117 cm³/mol. The molecule has 0 saturated carbocycles. The number of thiophene rings is 1. The molecule has 1 aromatic heterocycles. The van der Waals surface area contributed by atoms with E-state index in [4.69, 9.17) is 4.74 Å². The number of cyclic esters (lactones) is 1. The Kier molecular flexibility index (Phi) is 6.08. The summed E-state index contributed by atoms with van der Waals surface area (Å²) in [6.07, 6.45) is -0.175. The minimum absolute atomic E-state index is 0.201. The molecule has 164 valence electrons. The molecule has 1 atom stereocenters. The first-order chi connectivity index (χ1) is 14.9. The van der Waals surface area contributed by atoms with Crippen LogP contribution in [0.25, 0.3) is 0 Å². The lowest BCUT2D eigenvalue weighted by Gasteiger charge is -2.36. The van der Waals surface area contributed by atoms with Crippen molar-refractivity contribution < 1.29 is 23.5 Å². The van der Waals surface area contributed by atoms with Crippen molar-refractivity contribution in [2.75, 3.05) is 54.0 Å². The number of nitrogens with one attached hydrogen (secondary N) is 1. The standard InChI is InChI=1S/C21H23FN4O4S/c1-14(28)23-11-16-12-26(21(29)30-16)15-2-4-19(18(22)10-15)24-6-8-25(9-7-24)20-5-3-17(13-27)31-20/h2-5,10,13,16H,6-9,11-12H2,1H3,(H,23,28). The molecular weight excluding hydrogens is 423 g/mol.